The van der Waals surface area contributed by atoms with Crippen LogP contribution < -0.4 is 0 Å². The van der Waals surface area contributed by atoms with E-state index >= 15 is 0 Å². The number of phenolic OH excluding ortho intramolecular Hbond substituents is 1. The van der Waals surface area contributed by atoms with E-state index in [4.69, 9.17) is 0 Å². The minimum absolute atomic E-state index is 0.0196. The zero-order valence-corrected chi connectivity index (χ0v) is 12.9. The highest BCUT2D eigenvalue weighted by Crippen LogP contribution is 2.24. The molecule has 2 rings (SSSR count). The number of carbonyl (C=O) groups is 1. The molecule has 2 aromatic carbocycles. The van der Waals surface area contributed by atoms with Crippen LogP contribution in [0, 0.1) is 13.8 Å². The van der Waals surface area contributed by atoms with E-state index in [1.807, 2.05) is 58.2 Å². The van der Waals surface area contributed by atoms with Crippen LogP contribution in [-0.4, -0.2) is 23.0 Å². The van der Waals surface area contributed by atoms with Gasteiger partial charge in [0.25, 0.3) is 5.91 Å². The van der Waals surface area contributed by atoms with Crippen LogP contribution >= 0.6 is 0 Å². The molecule has 1 atom stereocenters. The predicted octanol–water partition coefficient (Wildman–Crippen LogP) is 3.84. The summed E-state index contributed by atoms with van der Waals surface area (Å²) in [5.41, 5.74) is 3.75. The molecule has 0 spiro atoms. The summed E-state index contributed by atoms with van der Waals surface area (Å²) in [5.74, 6) is 0.251. The Kier molecular flexibility index (Phi) is 4.32. The first-order chi connectivity index (χ1) is 9.91. The molecule has 0 bridgehead atoms. The number of phenols is 1. The predicted molar refractivity (Wildman–Crippen MR) is 84.5 cm³/mol. The van der Waals surface area contributed by atoms with Crippen LogP contribution in [0.1, 0.15) is 40.0 Å². The second-order valence-corrected chi connectivity index (χ2v) is 5.45. The Bertz CT molecular complexity index is 627. The number of nitrogens with zero attached hydrogens (tertiary/aromatic N) is 1. The maximum atomic E-state index is 12.7. The normalized spacial score (nSPS) is 12.0. The molecular weight excluding hydrogens is 262 g/mol. The molecule has 0 fully saturated rings. The average molecular weight is 283 g/mol. The van der Waals surface area contributed by atoms with Gasteiger partial charge in [0.05, 0.1) is 6.04 Å². The third-order valence-corrected chi connectivity index (χ3v) is 3.97. The maximum Gasteiger partial charge on any atom is 0.254 e. The van der Waals surface area contributed by atoms with Gasteiger partial charge in [-0.15, -0.1) is 0 Å². The number of aromatic hydroxyl groups is 1. The van der Waals surface area contributed by atoms with Gasteiger partial charge in [-0.05, 0) is 49.6 Å². The summed E-state index contributed by atoms with van der Waals surface area (Å²) in [4.78, 5) is 14.5. The number of carbonyl (C=O) groups excluding carboxylic acids is 1. The Morgan fingerprint density at radius 3 is 2.10 bits per heavy atom. The monoisotopic (exact) mass is 283 g/mol. The Balaban J connectivity index is 2.28. The molecule has 0 aliphatic rings. The van der Waals surface area contributed by atoms with Crippen molar-refractivity contribution in [1.29, 1.82) is 0 Å². The van der Waals surface area contributed by atoms with E-state index in [1.165, 1.54) is 0 Å². The van der Waals surface area contributed by atoms with E-state index in [0.717, 1.165) is 22.3 Å². The Labute approximate surface area is 125 Å². The number of hydrogen-bond acceptors (Lipinski definition) is 2. The van der Waals surface area contributed by atoms with E-state index < -0.39 is 0 Å². The van der Waals surface area contributed by atoms with Crippen LogP contribution in [0.25, 0.3) is 0 Å². The van der Waals surface area contributed by atoms with Gasteiger partial charge in [0.2, 0.25) is 0 Å². The lowest BCUT2D eigenvalue weighted by atomic mass is 10.00. The zero-order chi connectivity index (χ0) is 15.6. The fourth-order valence-electron chi connectivity index (χ4n) is 2.48. The average Bonchev–Trinajstić information content (AvgIpc) is 2.46. The third-order valence-electron chi connectivity index (χ3n) is 3.97. The van der Waals surface area contributed by atoms with E-state index in [2.05, 4.69) is 0 Å². The molecule has 3 heteroatoms. The summed E-state index contributed by atoms with van der Waals surface area (Å²) in [6.07, 6.45) is 0. The standard InChI is InChI=1S/C18H21NO2/c1-12-6-5-7-13(2)17(12)18(21)19(4)14(3)15-8-10-16(20)11-9-15/h5-11,14,20H,1-4H3. The first-order valence-corrected chi connectivity index (χ1v) is 7.04. The van der Waals surface area contributed by atoms with Gasteiger partial charge in [-0.2, -0.15) is 0 Å². The van der Waals surface area contributed by atoms with Crippen molar-refractivity contribution < 1.29 is 9.90 Å². The molecule has 3 nitrogen and oxygen atoms in total. The van der Waals surface area contributed by atoms with Crippen molar-refractivity contribution in [1.82, 2.24) is 4.90 Å². The van der Waals surface area contributed by atoms with Gasteiger partial charge in [0, 0.05) is 12.6 Å². The van der Waals surface area contributed by atoms with E-state index in [9.17, 15) is 9.90 Å². The number of amides is 1. The summed E-state index contributed by atoms with van der Waals surface area (Å²) in [5, 5.41) is 9.36. The smallest absolute Gasteiger partial charge is 0.254 e. The largest absolute Gasteiger partial charge is 0.508 e. The molecule has 1 unspecified atom stereocenters. The Morgan fingerprint density at radius 1 is 1.05 bits per heavy atom. The lowest BCUT2D eigenvalue weighted by molar-refractivity contribution is 0.0741. The first kappa shape index (κ1) is 15.1. The number of aryl methyl sites for hydroxylation is 2. The van der Waals surface area contributed by atoms with Crippen LogP contribution in [0.15, 0.2) is 42.5 Å². The number of hydrogen-bond donors (Lipinski definition) is 1. The van der Waals surface area contributed by atoms with Crippen molar-refractivity contribution in [3.8, 4) is 5.75 Å². The molecule has 1 amide bonds. The molecule has 2 aromatic rings. The van der Waals surface area contributed by atoms with Crippen molar-refractivity contribution >= 4 is 5.91 Å². The van der Waals surface area contributed by atoms with Gasteiger partial charge in [-0.25, -0.2) is 0 Å². The van der Waals surface area contributed by atoms with Crippen LogP contribution in [0.2, 0.25) is 0 Å². The second-order valence-electron chi connectivity index (χ2n) is 5.45. The maximum absolute atomic E-state index is 12.7. The molecule has 0 aliphatic heterocycles. The van der Waals surface area contributed by atoms with Crippen LogP contribution in [0.4, 0.5) is 0 Å². The van der Waals surface area contributed by atoms with Gasteiger partial charge >= 0.3 is 0 Å². The molecule has 110 valence electrons. The molecule has 21 heavy (non-hydrogen) atoms. The van der Waals surface area contributed by atoms with Crippen molar-refractivity contribution in [3.05, 3.63) is 64.7 Å². The third kappa shape index (κ3) is 3.07. The highest BCUT2D eigenvalue weighted by atomic mass is 16.3. The SMILES string of the molecule is Cc1cccc(C)c1C(=O)N(C)C(C)c1ccc(O)cc1. The molecule has 0 heterocycles. The lowest BCUT2D eigenvalue weighted by Gasteiger charge is -2.26. The zero-order valence-electron chi connectivity index (χ0n) is 12.9. The quantitative estimate of drug-likeness (QED) is 0.929. The molecule has 0 aliphatic carbocycles. The second kappa shape index (κ2) is 6.00. The van der Waals surface area contributed by atoms with Gasteiger partial charge in [-0.3, -0.25) is 4.79 Å². The van der Waals surface area contributed by atoms with Crippen molar-refractivity contribution in [2.24, 2.45) is 0 Å². The summed E-state index contributed by atoms with van der Waals surface area (Å²) in [7, 11) is 1.81. The summed E-state index contributed by atoms with van der Waals surface area (Å²) in [6.45, 7) is 5.90. The topological polar surface area (TPSA) is 40.5 Å². The van der Waals surface area contributed by atoms with Crippen LogP contribution in [0.5, 0.6) is 5.75 Å². The minimum Gasteiger partial charge on any atom is -0.508 e. The fourth-order valence-corrected chi connectivity index (χ4v) is 2.48. The molecule has 1 N–H and O–H groups in total. The molecule has 0 aromatic heterocycles. The molecular formula is C18H21NO2. The van der Waals surface area contributed by atoms with Gasteiger partial charge in [-0.1, -0.05) is 30.3 Å². The number of rotatable bonds is 3. The Hall–Kier alpha value is -2.29. The fraction of sp³-hybridized carbons (Fsp3) is 0.278. The highest BCUT2D eigenvalue weighted by molar-refractivity contribution is 5.97. The van der Waals surface area contributed by atoms with Gasteiger partial charge < -0.3 is 10.0 Å². The van der Waals surface area contributed by atoms with Crippen LogP contribution in [-0.2, 0) is 0 Å². The minimum atomic E-state index is -0.0582. The van der Waals surface area contributed by atoms with E-state index in [-0.39, 0.29) is 17.7 Å². The summed E-state index contributed by atoms with van der Waals surface area (Å²) in [6, 6.07) is 12.8. The summed E-state index contributed by atoms with van der Waals surface area (Å²) >= 11 is 0. The Morgan fingerprint density at radius 2 is 1.57 bits per heavy atom. The van der Waals surface area contributed by atoms with Crippen molar-refractivity contribution in [3.63, 3.8) is 0 Å². The van der Waals surface area contributed by atoms with Crippen molar-refractivity contribution in [2.45, 2.75) is 26.8 Å². The lowest BCUT2D eigenvalue weighted by Crippen LogP contribution is -2.30. The first-order valence-electron chi connectivity index (χ1n) is 7.04. The number of benzene rings is 2. The molecule has 0 saturated carbocycles. The summed E-state index contributed by atoms with van der Waals surface area (Å²) < 4.78 is 0. The van der Waals surface area contributed by atoms with Crippen LogP contribution in [0.3, 0.4) is 0 Å². The van der Waals surface area contributed by atoms with Crippen molar-refractivity contribution in [2.75, 3.05) is 7.05 Å². The highest BCUT2D eigenvalue weighted by Gasteiger charge is 2.21. The van der Waals surface area contributed by atoms with Gasteiger partial charge in [0.1, 0.15) is 5.75 Å². The van der Waals surface area contributed by atoms with E-state index in [0.29, 0.717) is 0 Å². The molecule has 0 saturated heterocycles. The van der Waals surface area contributed by atoms with Gasteiger partial charge in [0.15, 0.2) is 0 Å². The molecule has 0 radical (unpaired) electrons. The van der Waals surface area contributed by atoms with E-state index in [1.54, 1.807) is 17.0 Å².